The number of rotatable bonds is 10. The van der Waals surface area contributed by atoms with Crippen molar-refractivity contribution in [2.45, 2.75) is 52.1 Å². The molecule has 0 aliphatic heterocycles. The summed E-state index contributed by atoms with van der Waals surface area (Å²) < 4.78 is 17.1. The predicted molar refractivity (Wildman–Crippen MR) is 118 cm³/mol. The molecule has 0 aliphatic rings. The molecular weight excluding hydrogens is 380 g/mol. The van der Waals surface area contributed by atoms with Crippen LogP contribution in [-0.4, -0.2) is 18.7 Å². The summed E-state index contributed by atoms with van der Waals surface area (Å²) in [5.41, 5.74) is 1.12. The zero-order chi connectivity index (χ0) is 21.3. The van der Waals surface area contributed by atoms with E-state index in [-0.39, 0.29) is 11.4 Å². The molecule has 0 radical (unpaired) electrons. The molecule has 3 aromatic rings. The predicted octanol–water partition coefficient (Wildman–Crippen LogP) is 5.74. The van der Waals surface area contributed by atoms with Crippen molar-refractivity contribution in [1.29, 1.82) is 0 Å². The average molecular weight is 408 g/mol. The van der Waals surface area contributed by atoms with Gasteiger partial charge >= 0.3 is 5.97 Å². The van der Waals surface area contributed by atoms with Crippen molar-refractivity contribution in [3.8, 4) is 17.1 Å². The maximum absolute atomic E-state index is 12.5. The van der Waals surface area contributed by atoms with Gasteiger partial charge in [-0.25, -0.2) is 4.79 Å². The number of benzene rings is 2. The van der Waals surface area contributed by atoms with Crippen LogP contribution in [0.3, 0.4) is 0 Å². The van der Waals surface area contributed by atoms with E-state index in [2.05, 4.69) is 6.92 Å². The Hall–Kier alpha value is -3.08. The number of carbonyl (C=O) groups is 1. The van der Waals surface area contributed by atoms with Crippen LogP contribution in [0.25, 0.3) is 22.3 Å². The highest BCUT2D eigenvalue weighted by atomic mass is 16.6. The van der Waals surface area contributed by atoms with Crippen LogP contribution in [0.5, 0.6) is 5.75 Å². The molecule has 0 aliphatic carbocycles. The van der Waals surface area contributed by atoms with Gasteiger partial charge in [0.05, 0.1) is 12.0 Å². The summed E-state index contributed by atoms with van der Waals surface area (Å²) in [7, 11) is 0. The van der Waals surface area contributed by atoms with Gasteiger partial charge in [0.2, 0.25) is 0 Å². The number of unbranched alkanes of at least 4 members (excludes halogenated alkanes) is 3. The number of esters is 1. The van der Waals surface area contributed by atoms with Crippen molar-refractivity contribution in [1.82, 2.24) is 0 Å². The molecule has 3 rings (SSSR count). The van der Waals surface area contributed by atoms with E-state index < -0.39 is 6.10 Å². The van der Waals surface area contributed by atoms with Crippen LogP contribution in [-0.2, 0) is 9.53 Å². The lowest BCUT2D eigenvalue weighted by Crippen LogP contribution is -2.29. The van der Waals surface area contributed by atoms with Crippen molar-refractivity contribution in [3.63, 3.8) is 0 Å². The van der Waals surface area contributed by atoms with E-state index in [1.165, 1.54) is 6.07 Å². The Morgan fingerprint density at radius 2 is 1.80 bits per heavy atom. The average Bonchev–Trinajstić information content (AvgIpc) is 2.76. The molecule has 0 unspecified atom stereocenters. The largest absolute Gasteiger partial charge is 0.479 e. The summed E-state index contributed by atoms with van der Waals surface area (Å²) in [6.45, 7) is 4.23. The van der Waals surface area contributed by atoms with Gasteiger partial charge in [0.1, 0.15) is 17.1 Å². The molecular formula is C25H28O5. The third-order valence-corrected chi connectivity index (χ3v) is 4.91. The van der Waals surface area contributed by atoms with E-state index in [4.69, 9.17) is 13.9 Å². The summed E-state index contributed by atoms with van der Waals surface area (Å²) in [6, 6.07) is 16.0. The van der Waals surface area contributed by atoms with Crippen molar-refractivity contribution < 1.29 is 18.7 Å². The highest BCUT2D eigenvalue weighted by molar-refractivity contribution is 5.80. The summed E-state index contributed by atoms with van der Waals surface area (Å²) >= 11 is 0. The molecule has 158 valence electrons. The standard InChI is InChI=1S/C25H28O5/c1-3-5-6-10-13-22(25(27)28-4-2)29-19-14-15-20-21(26)17-23(30-24(20)16-19)18-11-8-7-9-12-18/h7-9,11-12,14-17,22H,3-6,10,13H2,1-2H3/t22-/m1/s1. The Bertz CT molecular complexity index is 1020. The van der Waals surface area contributed by atoms with Gasteiger partial charge in [-0.1, -0.05) is 56.5 Å². The molecule has 0 saturated carbocycles. The zero-order valence-corrected chi connectivity index (χ0v) is 17.6. The monoisotopic (exact) mass is 408 g/mol. The lowest BCUT2D eigenvalue weighted by atomic mass is 10.1. The van der Waals surface area contributed by atoms with E-state index in [9.17, 15) is 9.59 Å². The number of carbonyl (C=O) groups excluding carboxylic acids is 1. The minimum atomic E-state index is -0.678. The molecule has 0 bridgehead atoms. The van der Waals surface area contributed by atoms with Gasteiger partial charge in [0.25, 0.3) is 0 Å². The minimum absolute atomic E-state index is 0.122. The normalized spacial score (nSPS) is 11.9. The fourth-order valence-corrected chi connectivity index (χ4v) is 3.33. The fourth-order valence-electron chi connectivity index (χ4n) is 3.33. The number of fused-ring (bicyclic) bond motifs is 1. The number of ether oxygens (including phenoxy) is 2. The molecule has 0 N–H and O–H groups in total. The summed E-state index contributed by atoms with van der Waals surface area (Å²) in [4.78, 5) is 24.9. The Balaban J connectivity index is 1.86. The Labute approximate surface area is 176 Å². The van der Waals surface area contributed by atoms with Gasteiger partial charge < -0.3 is 13.9 Å². The molecule has 0 saturated heterocycles. The first-order chi connectivity index (χ1) is 14.6. The Morgan fingerprint density at radius 3 is 2.53 bits per heavy atom. The maximum atomic E-state index is 12.5. The summed E-state index contributed by atoms with van der Waals surface area (Å²) in [5, 5.41) is 0.470. The number of hydrogen-bond donors (Lipinski definition) is 0. The van der Waals surface area contributed by atoms with Crippen LogP contribution in [0, 0.1) is 0 Å². The van der Waals surface area contributed by atoms with Gasteiger partial charge in [-0.15, -0.1) is 0 Å². The molecule has 0 spiro atoms. The van der Waals surface area contributed by atoms with Crippen molar-refractivity contribution in [3.05, 3.63) is 64.8 Å². The number of hydrogen-bond acceptors (Lipinski definition) is 5. The molecule has 1 atom stereocenters. The van der Waals surface area contributed by atoms with Gasteiger partial charge in [-0.2, -0.15) is 0 Å². The van der Waals surface area contributed by atoms with Crippen LogP contribution in [0.4, 0.5) is 0 Å². The third kappa shape index (κ3) is 5.50. The van der Waals surface area contributed by atoms with E-state index in [1.807, 2.05) is 30.3 Å². The lowest BCUT2D eigenvalue weighted by molar-refractivity contribution is -0.151. The first kappa shape index (κ1) is 21.6. The molecule has 30 heavy (non-hydrogen) atoms. The van der Waals surface area contributed by atoms with Crippen molar-refractivity contribution in [2.24, 2.45) is 0 Å². The van der Waals surface area contributed by atoms with E-state index in [0.29, 0.717) is 35.5 Å². The molecule has 0 fully saturated rings. The molecule has 2 aromatic carbocycles. The van der Waals surface area contributed by atoms with Gasteiger partial charge in [-0.3, -0.25) is 4.79 Å². The highest BCUT2D eigenvalue weighted by Crippen LogP contribution is 2.26. The second-order valence-electron chi connectivity index (χ2n) is 7.21. The van der Waals surface area contributed by atoms with Gasteiger partial charge in [0.15, 0.2) is 11.5 Å². The van der Waals surface area contributed by atoms with Crippen LogP contribution in [0.15, 0.2) is 63.8 Å². The molecule has 1 heterocycles. The Morgan fingerprint density at radius 1 is 1.00 bits per heavy atom. The first-order valence-electron chi connectivity index (χ1n) is 10.6. The SMILES string of the molecule is CCCCCC[C@@H](Oc1ccc2c(=O)cc(-c3ccccc3)oc2c1)C(=O)OCC. The van der Waals surface area contributed by atoms with Crippen molar-refractivity contribution >= 4 is 16.9 Å². The second kappa shape index (κ2) is 10.6. The second-order valence-corrected chi connectivity index (χ2v) is 7.21. The molecule has 5 nitrogen and oxygen atoms in total. The Kier molecular flexibility index (Phi) is 7.66. The molecule has 0 amide bonds. The summed E-state index contributed by atoms with van der Waals surface area (Å²) in [5.74, 6) is 0.602. The summed E-state index contributed by atoms with van der Waals surface area (Å²) in [6.07, 6.45) is 4.09. The van der Waals surface area contributed by atoms with E-state index in [0.717, 1.165) is 31.2 Å². The lowest BCUT2D eigenvalue weighted by Gasteiger charge is -2.18. The smallest absolute Gasteiger partial charge is 0.347 e. The maximum Gasteiger partial charge on any atom is 0.347 e. The van der Waals surface area contributed by atoms with Crippen LogP contribution >= 0.6 is 0 Å². The van der Waals surface area contributed by atoms with E-state index >= 15 is 0 Å². The molecule has 1 aromatic heterocycles. The highest BCUT2D eigenvalue weighted by Gasteiger charge is 2.22. The topological polar surface area (TPSA) is 65.7 Å². The first-order valence-corrected chi connectivity index (χ1v) is 10.6. The van der Waals surface area contributed by atoms with Crippen LogP contribution in [0.2, 0.25) is 0 Å². The zero-order valence-electron chi connectivity index (χ0n) is 17.6. The van der Waals surface area contributed by atoms with Crippen LogP contribution in [0.1, 0.15) is 46.0 Å². The third-order valence-electron chi connectivity index (χ3n) is 4.91. The van der Waals surface area contributed by atoms with Crippen LogP contribution < -0.4 is 10.2 Å². The molecule has 5 heteroatoms. The fraction of sp³-hybridized carbons (Fsp3) is 0.360. The van der Waals surface area contributed by atoms with Crippen molar-refractivity contribution in [2.75, 3.05) is 6.61 Å². The van der Waals surface area contributed by atoms with Gasteiger partial charge in [0, 0.05) is 17.7 Å². The van der Waals surface area contributed by atoms with E-state index in [1.54, 1.807) is 25.1 Å². The quantitative estimate of drug-likeness (QED) is 0.316. The minimum Gasteiger partial charge on any atom is -0.479 e. The van der Waals surface area contributed by atoms with Gasteiger partial charge in [-0.05, 0) is 31.9 Å².